The third-order valence-electron chi connectivity index (χ3n) is 8.64. The highest BCUT2D eigenvalue weighted by atomic mass is 19.3. The molecule has 0 radical (unpaired) electrons. The van der Waals surface area contributed by atoms with Crippen molar-refractivity contribution in [3.63, 3.8) is 0 Å². The summed E-state index contributed by atoms with van der Waals surface area (Å²) in [7, 11) is 0. The van der Waals surface area contributed by atoms with Crippen LogP contribution in [0.25, 0.3) is 0 Å². The molecule has 3 atom stereocenters. The summed E-state index contributed by atoms with van der Waals surface area (Å²) < 4.78 is 136. The van der Waals surface area contributed by atoms with Crippen LogP contribution in [-0.4, -0.2) is 0 Å². The van der Waals surface area contributed by atoms with Crippen LogP contribution < -0.4 is 0 Å². The third kappa shape index (κ3) is 3.74. The fourth-order valence-corrected chi connectivity index (χ4v) is 7.40. The van der Waals surface area contributed by atoms with Crippen LogP contribution in [0.1, 0.15) is 5.56 Å². The Morgan fingerprint density at radius 3 is 1.69 bits per heavy atom. The standard InChI is InChI=1S/C33H15F9O3/c34-26(35)29(40)43-22-12-15-6-9-19(22)25(15)33(18-8-11-21(33)24(14-18)45-31(42)28(38)39)32(16-4-2-1-3-5-16)17-7-10-20(32)23(13-17)44-30(41)27(36)37/h1-14,25H. The minimum atomic E-state index is -2.73. The molecule has 0 aromatic heterocycles. The normalized spacial score (nSPS) is 26.2. The van der Waals surface area contributed by atoms with Crippen molar-refractivity contribution in [1.29, 1.82) is 0 Å². The Bertz CT molecular complexity index is 1960. The lowest BCUT2D eigenvalue weighted by Gasteiger charge is -2.51. The number of hydrogen-bond acceptors (Lipinski definition) is 3. The molecule has 0 saturated carbocycles. The van der Waals surface area contributed by atoms with E-state index >= 15 is 0 Å². The Hall–Kier alpha value is -5.13. The van der Waals surface area contributed by atoms with Crippen molar-refractivity contribution in [1.82, 2.24) is 0 Å². The predicted molar refractivity (Wildman–Crippen MR) is 141 cm³/mol. The van der Waals surface area contributed by atoms with E-state index in [1.54, 1.807) is 48.6 Å². The zero-order chi connectivity index (χ0) is 31.8. The monoisotopic (exact) mass is 630 g/mol. The maximum atomic E-state index is 14.3. The average molecular weight is 630 g/mol. The molecule has 6 bridgehead atoms. The molecule has 0 aliphatic heterocycles. The Kier molecular flexibility index (Phi) is 6.33. The number of halogens is 9. The van der Waals surface area contributed by atoms with E-state index < -0.39 is 53.0 Å². The molecule has 1 aromatic rings. The Balaban J connectivity index is 1.55. The van der Waals surface area contributed by atoms with E-state index in [4.69, 9.17) is 14.2 Å². The summed E-state index contributed by atoms with van der Waals surface area (Å²) >= 11 is 0. The molecule has 0 N–H and O–H groups in total. The molecule has 12 heteroatoms. The molecular weight excluding hydrogens is 615 g/mol. The zero-order valence-corrected chi connectivity index (χ0v) is 22.3. The van der Waals surface area contributed by atoms with E-state index in [0.717, 1.165) is 0 Å². The van der Waals surface area contributed by atoms with Gasteiger partial charge in [0, 0.05) is 22.6 Å². The van der Waals surface area contributed by atoms with Gasteiger partial charge in [0.15, 0.2) is 0 Å². The highest BCUT2D eigenvalue weighted by Crippen LogP contribution is 2.75. The number of rotatable bonds is 9. The topological polar surface area (TPSA) is 27.7 Å². The molecule has 0 amide bonds. The molecule has 0 heterocycles. The fourth-order valence-electron chi connectivity index (χ4n) is 7.40. The molecule has 6 aliphatic carbocycles. The first-order valence-corrected chi connectivity index (χ1v) is 13.2. The first-order chi connectivity index (χ1) is 21.5. The number of benzene rings is 1. The summed E-state index contributed by atoms with van der Waals surface area (Å²) in [5.74, 6) is -1.82. The highest BCUT2D eigenvalue weighted by Gasteiger charge is 2.71. The molecule has 0 saturated heterocycles. The van der Waals surface area contributed by atoms with Gasteiger partial charge in [0.1, 0.15) is 17.3 Å². The maximum Gasteiger partial charge on any atom is 0.344 e. The minimum Gasteiger partial charge on any atom is -0.428 e. The van der Waals surface area contributed by atoms with Crippen LogP contribution in [0.15, 0.2) is 172 Å². The van der Waals surface area contributed by atoms with Crippen molar-refractivity contribution in [3.05, 3.63) is 178 Å². The van der Waals surface area contributed by atoms with Gasteiger partial charge in [0.05, 0.1) is 10.8 Å². The lowest BCUT2D eigenvalue weighted by Crippen LogP contribution is -2.50. The Morgan fingerprint density at radius 2 is 1.07 bits per heavy atom. The number of ether oxygens (including phenoxy) is 3. The summed E-state index contributed by atoms with van der Waals surface area (Å²) in [6.45, 7) is 0. The summed E-state index contributed by atoms with van der Waals surface area (Å²) in [4.78, 5) is 0. The van der Waals surface area contributed by atoms with Gasteiger partial charge in [-0.2, -0.15) is 39.5 Å². The first kappa shape index (κ1) is 28.6. The summed E-state index contributed by atoms with van der Waals surface area (Å²) in [5, 5.41) is 0. The molecule has 7 rings (SSSR count). The van der Waals surface area contributed by atoms with Gasteiger partial charge in [-0.1, -0.05) is 66.8 Å². The molecule has 6 aliphatic rings. The van der Waals surface area contributed by atoms with Gasteiger partial charge in [-0.25, -0.2) is 0 Å². The van der Waals surface area contributed by atoms with Crippen molar-refractivity contribution in [2.45, 2.75) is 5.41 Å². The van der Waals surface area contributed by atoms with Gasteiger partial charge in [0.2, 0.25) is 0 Å². The highest BCUT2D eigenvalue weighted by molar-refractivity contribution is 5.80. The second-order valence-electron chi connectivity index (χ2n) is 10.5. The minimum absolute atomic E-state index is 0.143. The van der Waals surface area contributed by atoms with Crippen LogP contribution >= 0.6 is 0 Å². The average Bonchev–Trinajstić information content (AvgIpc) is 3.85. The zero-order valence-electron chi connectivity index (χ0n) is 22.3. The summed E-state index contributed by atoms with van der Waals surface area (Å²) in [5.41, 5.74) is -0.896. The van der Waals surface area contributed by atoms with Crippen molar-refractivity contribution in [2.24, 2.45) is 11.3 Å². The van der Waals surface area contributed by atoms with Crippen LogP contribution in [0, 0.1) is 11.3 Å². The van der Waals surface area contributed by atoms with E-state index in [9.17, 15) is 39.5 Å². The van der Waals surface area contributed by atoms with Gasteiger partial charge < -0.3 is 14.2 Å². The smallest absolute Gasteiger partial charge is 0.344 e. The molecule has 228 valence electrons. The lowest BCUT2D eigenvalue weighted by molar-refractivity contribution is 0.173. The van der Waals surface area contributed by atoms with Crippen LogP contribution in [0.4, 0.5) is 39.5 Å². The Labute approximate surface area is 248 Å². The van der Waals surface area contributed by atoms with E-state index in [1.807, 2.05) is 0 Å². The number of allylic oxidation sites excluding steroid dienone is 15. The Morgan fingerprint density at radius 1 is 0.533 bits per heavy atom. The van der Waals surface area contributed by atoms with E-state index in [-0.39, 0.29) is 34.0 Å². The van der Waals surface area contributed by atoms with Crippen molar-refractivity contribution >= 4 is 0 Å². The quantitative estimate of drug-likeness (QED) is 0.201. The van der Waals surface area contributed by atoms with E-state index in [2.05, 4.69) is 0 Å². The predicted octanol–water partition coefficient (Wildman–Crippen LogP) is 9.97. The molecule has 3 unspecified atom stereocenters. The number of hydrogen-bond donors (Lipinski definition) is 0. The summed E-state index contributed by atoms with van der Waals surface area (Å²) in [6, 6.07) is 1.99. The molecule has 1 aromatic carbocycles. The number of fused-ring (bicyclic) bond motifs is 8. The molecule has 3 nitrogen and oxygen atoms in total. The van der Waals surface area contributed by atoms with Crippen LogP contribution in [0.2, 0.25) is 0 Å². The third-order valence-corrected chi connectivity index (χ3v) is 8.64. The van der Waals surface area contributed by atoms with Gasteiger partial charge in [-0.05, 0) is 40.5 Å². The second kappa shape index (κ2) is 9.94. The van der Waals surface area contributed by atoms with Crippen molar-refractivity contribution < 1.29 is 53.7 Å². The van der Waals surface area contributed by atoms with Gasteiger partial charge >= 0.3 is 36.3 Å². The maximum absolute atomic E-state index is 14.3. The molecule has 0 fully saturated rings. The van der Waals surface area contributed by atoms with Gasteiger partial charge in [-0.3, -0.25) is 0 Å². The largest absolute Gasteiger partial charge is 0.428 e. The van der Waals surface area contributed by atoms with Crippen molar-refractivity contribution in [2.75, 3.05) is 0 Å². The van der Waals surface area contributed by atoms with E-state index in [0.29, 0.717) is 22.3 Å². The van der Waals surface area contributed by atoms with E-state index in [1.165, 1.54) is 36.5 Å². The summed E-state index contributed by atoms with van der Waals surface area (Å²) in [6.07, 6.45) is 5.26. The first-order valence-electron chi connectivity index (χ1n) is 13.2. The second-order valence-corrected chi connectivity index (χ2v) is 10.5. The lowest BCUT2D eigenvalue weighted by atomic mass is 9.48. The van der Waals surface area contributed by atoms with Crippen molar-refractivity contribution in [3.8, 4) is 0 Å². The van der Waals surface area contributed by atoms with Gasteiger partial charge in [0.25, 0.3) is 0 Å². The fraction of sp³-hybridized carbons (Fsp3) is 0.0909. The van der Waals surface area contributed by atoms with Gasteiger partial charge in [-0.15, -0.1) is 0 Å². The molecular formula is C33H15F9O3. The van der Waals surface area contributed by atoms with Crippen LogP contribution in [-0.2, 0) is 19.6 Å². The van der Waals surface area contributed by atoms with Crippen LogP contribution in [0.5, 0.6) is 0 Å². The van der Waals surface area contributed by atoms with Crippen LogP contribution in [0.3, 0.4) is 0 Å². The molecule has 45 heavy (non-hydrogen) atoms. The SMILES string of the molecule is FC(F)=C(F)OC1=C2C=CC(=C1)C2C1(C2(c3ccccc3)C3=CC(OC(F)=C(F)F)=C2C=C3)C2=CC(OC(F)=C(F)F)=C1C=C2. The molecule has 0 spiro atoms.